The minimum atomic E-state index is -1.48. The van der Waals surface area contributed by atoms with Crippen molar-refractivity contribution in [1.82, 2.24) is 14.1 Å². The van der Waals surface area contributed by atoms with E-state index in [1.54, 1.807) is 46.9 Å². The minimum Gasteiger partial charge on any atom is -0.374 e. The van der Waals surface area contributed by atoms with Crippen molar-refractivity contribution in [3.05, 3.63) is 124 Å². The summed E-state index contributed by atoms with van der Waals surface area (Å²) in [7, 11) is 3.61. The molecule has 0 spiro atoms. The van der Waals surface area contributed by atoms with Crippen molar-refractivity contribution in [2.24, 2.45) is 14.1 Å². The van der Waals surface area contributed by atoms with E-state index in [9.17, 15) is 9.90 Å². The van der Waals surface area contributed by atoms with Gasteiger partial charge in [0.2, 0.25) is 0 Å². The number of imidazole rings is 1. The molecule has 1 atom stereocenters. The van der Waals surface area contributed by atoms with Crippen LogP contribution in [0, 0.1) is 0 Å². The summed E-state index contributed by atoms with van der Waals surface area (Å²) >= 11 is 6.13. The van der Waals surface area contributed by atoms with Gasteiger partial charge in [-0.05, 0) is 46.5 Å². The molecule has 0 aliphatic rings. The standard InChI is InChI=1S/C27H22ClN3O2/c1-30-17-29-16-25(30)27(33,19-8-11-21(28)12-9-19)20-10-13-24-23(14-20)22(15-26(32)31(24)2)18-6-4-3-5-7-18/h3-17,33H,1-2H3/t27-/m1/s1. The number of halogens is 1. The van der Waals surface area contributed by atoms with Crippen molar-refractivity contribution in [3.8, 4) is 11.1 Å². The van der Waals surface area contributed by atoms with Gasteiger partial charge in [0, 0.05) is 30.6 Å². The number of hydrogen-bond donors (Lipinski definition) is 1. The van der Waals surface area contributed by atoms with E-state index < -0.39 is 5.60 Å². The highest BCUT2D eigenvalue weighted by atomic mass is 35.5. The Hall–Kier alpha value is -3.67. The summed E-state index contributed by atoms with van der Waals surface area (Å²) in [6.07, 6.45) is 3.33. The van der Waals surface area contributed by atoms with Gasteiger partial charge in [-0.1, -0.05) is 60.1 Å². The van der Waals surface area contributed by atoms with E-state index in [-0.39, 0.29) is 5.56 Å². The van der Waals surface area contributed by atoms with Gasteiger partial charge in [-0.15, -0.1) is 0 Å². The molecule has 5 aromatic rings. The van der Waals surface area contributed by atoms with Gasteiger partial charge in [0.1, 0.15) is 0 Å². The quantitative estimate of drug-likeness (QED) is 0.420. The van der Waals surface area contributed by atoms with E-state index in [0.29, 0.717) is 21.8 Å². The Labute approximate surface area is 196 Å². The van der Waals surface area contributed by atoms with Crippen molar-refractivity contribution >= 4 is 22.5 Å². The Morgan fingerprint density at radius 3 is 2.27 bits per heavy atom. The van der Waals surface area contributed by atoms with Crippen LogP contribution in [-0.4, -0.2) is 19.2 Å². The average molecular weight is 456 g/mol. The van der Waals surface area contributed by atoms with E-state index in [1.807, 2.05) is 67.7 Å². The number of aromatic nitrogens is 3. The van der Waals surface area contributed by atoms with Crippen molar-refractivity contribution in [2.75, 3.05) is 0 Å². The molecule has 0 aliphatic carbocycles. The molecule has 2 aromatic heterocycles. The first kappa shape index (κ1) is 21.2. The van der Waals surface area contributed by atoms with E-state index in [0.717, 1.165) is 22.0 Å². The lowest BCUT2D eigenvalue weighted by atomic mass is 9.82. The molecule has 2 heterocycles. The van der Waals surface area contributed by atoms with Gasteiger partial charge >= 0.3 is 0 Å². The number of aryl methyl sites for hydroxylation is 2. The number of fused-ring (bicyclic) bond motifs is 1. The fourth-order valence-corrected chi connectivity index (χ4v) is 4.53. The molecule has 5 rings (SSSR count). The fourth-order valence-electron chi connectivity index (χ4n) is 4.40. The third-order valence-corrected chi connectivity index (χ3v) is 6.45. The summed E-state index contributed by atoms with van der Waals surface area (Å²) in [6, 6.07) is 24.3. The Morgan fingerprint density at radius 1 is 0.909 bits per heavy atom. The molecule has 0 saturated carbocycles. The Balaban J connectivity index is 1.84. The average Bonchev–Trinajstić information content (AvgIpc) is 3.28. The fraction of sp³-hybridized carbons (Fsp3) is 0.111. The summed E-state index contributed by atoms with van der Waals surface area (Å²) in [6.45, 7) is 0. The summed E-state index contributed by atoms with van der Waals surface area (Å²) in [5.74, 6) is 0. The zero-order valence-corrected chi connectivity index (χ0v) is 19.0. The first-order valence-corrected chi connectivity index (χ1v) is 10.9. The van der Waals surface area contributed by atoms with Crippen LogP contribution in [0.1, 0.15) is 16.8 Å². The predicted octanol–water partition coefficient (Wildman–Crippen LogP) is 4.88. The first-order chi connectivity index (χ1) is 15.9. The predicted molar refractivity (Wildman–Crippen MR) is 131 cm³/mol. The topological polar surface area (TPSA) is 60.0 Å². The zero-order valence-electron chi connectivity index (χ0n) is 18.2. The first-order valence-electron chi connectivity index (χ1n) is 10.5. The van der Waals surface area contributed by atoms with Crippen LogP contribution in [0.4, 0.5) is 0 Å². The molecule has 0 aliphatic heterocycles. The molecule has 0 saturated heterocycles. The lowest BCUT2D eigenvalue weighted by molar-refractivity contribution is 0.117. The zero-order chi connectivity index (χ0) is 23.2. The minimum absolute atomic E-state index is 0.0892. The second-order valence-corrected chi connectivity index (χ2v) is 8.60. The smallest absolute Gasteiger partial charge is 0.251 e. The second-order valence-electron chi connectivity index (χ2n) is 8.16. The molecule has 0 amide bonds. The molecule has 6 heteroatoms. The van der Waals surface area contributed by atoms with Crippen molar-refractivity contribution in [1.29, 1.82) is 0 Å². The normalized spacial score (nSPS) is 13.2. The van der Waals surface area contributed by atoms with E-state index in [1.165, 1.54) is 0 Å². The van der Waals surface area contributed by atoms with Gasteiger partial charge in [0.25, 0.3) is 5.56 Å². The molecular formula is C27H22ClN3O2. The molecule has 0 unspecified atom stereocenters. The summed E-state index contributed by atoms with van der Waals surface area (Å²) < 4.78 is 3.43. The SMILES string of the molecule is Cn1cncc1[C@@](O)(c1ccc(Cl)cc1)c1ccc2c(c1)c(-c1ccccc1)cc(=O)n2C. The molecular weight excluding hydrogens is 434 g/mol. The maximum Gasteiger partial charge on any atom is 0.251 e. The van der Waals surface area contributed by atoms with E-state index in [4.69, 9.17) is 11.6 Å². The van der Waals surface area contributed by atoms with Crippen LogP contribution in [-0.2, 0) is 19.7 Å². The highest BCUT2D eigenvalue weighted by molar-refractivity contribution is 6.30. The van der Waals surface area contributed by atoms with Crippen LogP contribution >= 0.6 is 11.6 Å². The number of pyridine rings is 1. The molecule has 1 N–H and O–H groups in total. The Bertz CT molecular complexity index is 1520. The van der Waals surface area contributed by atoms with Crippen LogP contribution in [0.3, 0.4) is 0 Å². The van der Waals surface area contributed by atoms with Gasteiger partial charge in [-0.3, -0.25) is 4.79 Å². The third kappa shape index (κ3) is 3.46. The lowest BCUT2D eigenvalue weighted by Gasteiger charge is -2.30. The number of hydrogen-bond acceptors (Lipinski definition) is 3. The van der Waals surface area contributed by atoms with Crippen LogP contribution < -0.4 is 5.56 Å². The van der Waals surface area contributed by atoms with E-state index in [2.05, 4.69) is 4.98 Å². The van der Waals surface area contributed by atoms with Crippen LogP contribution in [0.15, 0.2) is 96.2 Å². The van der Waals surface area contributed by atoms with Crippen molar-refractivity contribution in [3.63, 3.8) is 0 Å². The monoisotopic (exact) mass is 455 g/mol. The highest BCUT2D eigenvalue weighted by Crippen LogP contribution is 2.39. The van der Waals surface area contributed by atoms with Crippen molar-refractivity contribution in [2.45, 2.75) is 5.60 Å². The maximum atomic E-state index is 12.7. The maximum absolute atomic E-state index is 12.7. The van der Waals surface area contributed by atoms with Gasteiger partial charge in [-0.2, -0.15) is 0 Å². The molecule has 5 nitrogen and oxygen atoms in total. The molecule has 0 bridgehead atoms. The number of rotatable bonds is 4. The molecule has 164 valence electrons. The highest BCUT2D eigenvalue weighted by Gasteiger charge is 2.37. The molecule has 0 fully saturated rings. The van der Waals surface area contributed by atoms with Crippen LogP contribution in [0.5, 0.6) is 0 Å². The number of aliphatic hydroxyl groups is 1. The summed E-state index contributed by atoms with van der Waals surface area (Å²) in [4.78, 5) is 16.9. The Morgan fingerprint density at radius 2 is 1.61 bits per heavy atom. The van der Waals surface area contributed by atoms with Crippen molar-refractivity contribution < 1.29 is 5.11 Å². The number of nitrogens with zero attached hydrogens (tertiary/aromatic N) is 3. The van der Waals surface area contributed by atoms with Crippen LogP contribution in [0.2, 0.25) is 5.02 Å². The van der Waals surface area contributed by atoms with Gasteiger partial charge in [0.15, 0.2) is 5.60 Å². The number of benzene rings is 3. The van der Waals surface area contributed by atoms with Crippen LogP contribution in [0.25, 0.3) is 22.0 Å². The summed E-state index contributed by atoms with van der Waals surface area (Å²) in [5, 5.41) is 13.7. The Kier molecular flexibility index (Phi) is 5.16. The lowest BCUT2D eigenvalue weighted by Crippen LogP contribution is -2.31. The third-order valence-electron chi connectivity index (χ3n) is 6.20. The second kappa shape index (κ2) is 8.03. The molecule has 0 radical (unpaired) electrons. The van der Waals surface area contributed by atoms with E-state index >= 15 is 0 Å². The molecule has 33 heavy (non-hydrogen) atoms. The largest absolute Gasteiger partial charge is 0.374 e. The van der Waals surface area contributed by atoms with Gasteiger partial charge < -0.3 is 14.2 Å². The molecule has 3 aromatic carbocycles. The van der Waals surface area contributed by atoms with Gasteiger partial charge in [0.05, 0.1) is 23.7 Å². The van der Waals surface area contributed by atoms with Gasteiger partial charge in [-0.25, -0.2) is 4.98 Å². The summed E-state index contributed by atoms with van der Waals surface area (Å²) in [5.41, 5.74) is 2.93.